The van der Waals surface area contributed by atoms with Crippen LogP contribution < -0.4 is 0 Å². The van der Waals surface area contributed by atoms with Crippen molar-refractivity contribution in [2.75, 3.05) is 19.8 Å². The Balaban J connectivity index is 1.55. The summed E-state index contributed by atoms with van der Waals surface area (Å²) in [5.74, 6) is 0.880. The van der Waals surface area contributed by atoms with E-state index in [0.29, 0.717) is 19.8 Å². The average molecular weight is 288 g/mol. The van der Waals surface area contributed by atoms with E-state index in [-0.39, 0.29) is 12.0 Å². The third-order valence-electron chi connectivity index (χ3n) is 3.95. The second-order valence-corrected chi connectivity index (χ2v) is 5.74. The molecule has 1 aromatic carbocycles. The fourth-order valence-electron chi connectivity index (χ4n) is 2.56. The molecule has 1 fully saturated rings. The van der Waals surface area contributed by atoms with E-state index < -0.39 is 0 Å². The summed E-state index contributed by atoms with van der Waals surface area (Å²) in [5, 5.41) is 21.4. The summed E-state index contributed by atoms with van der Waals surface area (Å²) in [5.41, 5.74) is 1.12. The number of aromatic nitrogens is 4. The minimum absolute atomic E-state index is 0.107. The minimum Gasteiger partial charge on any atom is -0.396 e. The van der Waals surface area contributed by atoms with Crippen LogP contribution in [-0.4, -0.2) is 45.1 Å². The smallest absolute Gasteiger partial charge is 0.151 e. The number of nitrogens with zero attached hydrogens (tertiary/aromatic N) is 4. The summed E-state index contributed by atoms with van der Waals surface area (Å²) >= 11 is 0. The molecule has 1 aromatic heterocycles. The zero-order chi connectivity index (χ0) is 14.5. The van der Waals surface area contributed by atoms with Crippen LogP contribution in [0.5, 0.6) is 0 Å². The normalized spacial score (nSPS) is 16.6. The maximum Gasteiger partial charge on any atom is 0.151 e. The molecule has 21 heavy (non-hydrogen) atoms. The number of ether oxygens (including phenoxy) is 1. The molecule has 1 N–H and O–H groups in total. The van der Waals surface area contributed by atoms with E-state index in [0.717, 1.165) is 25.1 Å². The van der Waals surface area contributed by atoms with Gasteiger partial charge in [-0.05, 0) is 28.8 Å². The molecule has 6 nitrogen and oxygen atoms in total. The minimum atomic E-state index is -0.205. The lowest BCUT2D eigenvalue weighted by molar-refractivity contribution is -0.146. The summed E-state index contributed by atoms with van der Waals surface area (Å²) in [6, 6.07) is 10.4. The quantitative estimate of drug-likeness (QED) is 0.818. The Hall–Kier alpha value is -1.79. The number of hydrogen-bond donors (Lipinski definition) is 1. The molecule has 1 aliphatic heterocycles. The van der Waals surface area contributed by atoms with Crippen molar-refractivity contribution < 1.29 is 9.84 Å². The van der Waals surface area contributed by atoms with Crippen LogP contribution in [0.2, 0.25) is 0 Å². The summed E-state index contributed by atoms with van der Waals surface area (Å²) in [6.45, 7) is 1.88. The number of hydrogen-bond acceptors (Lipinski definition) is 5. The molecule has 0 radical (unpaired) electrons. The first-order valence-corrected chi connectivity index (χ1v) is 7.29. The van der Waals surface area contributed by atoms with Gasteiger partial charge in [0.05, 0.1) is 31.8 Å². The molecule has 112 valence electrons. The molecular weight excluding hydrogens is 268 g/mol. The van der Waals surface area contributed by atoms with Crippen LogP contribution in [0, 0.1) is 5.41 Å². The first kappa shape index (κ1) is 14.2. The van der Waals surface area contributed by atoms with Crippen LogP contribution >= 0.6 is 0 Å². The summed E-state index contributed by atoms with van der Waals surface area (Å²) in [7, 11) is 0. The van der Waals surface area contributed by atoms with E-state index in [1.165, 1.54) is 5.56 Å². The SMILES string of the molecule is OCC1(Cn2nnnc2CCCc2ccccc2)COC1. The highest BCUT2D eigenvalue weighted by Crippen LogP contribution is 2.28. The van der Waals surface area contributed by atoms with Crippen molar-refractivity contribution >= 4 is 0 Å². The van der Waals surface area contributed by atoms with Crippen molar-refractivity contribution in [3.63, 3.8) is 0 Å². The number of tetrazole rings is 1. The van der Waals surface area contributed by atoms with Crippen LogP contribution in [0.1, 0.15) is 17.8 Å². The average Bonchev–Trinajstić information content (AvgIpc) is 2.91. The van der Waals surface area contributed by atoms with E-state index >= 15 is 0 Å². The van der Waals surface area contributed by atoms with Gasteiger partial charge in [0.25, 0.3) is 0 Å². The van der Waals surface area contributed by atoms with Gasteiger partial charge in [-0.25, -0.2) is 4.68 Å². The predicted octanol–water partition coefficient (Wildman–Crippen LogP) is 0.857. The van der Waals surface area contributed by atoms with Gasteiger partial charge >= 0.3 is 0 Å². The molecule has 0 spiro atoms. The Morgan fingerprint density at radius 2 is 2.00 bits per heavy atom. The van der Waals surface area contributed by atoms with Crippen molar-refractivity contribution in [1.29, 1.82) is 0 Å². The van der Waals surface area contributed by atoms with Crippen molar-refractivity contribution in [1.82, 2.24) is 20.2 Å². The van der Waals surface area contributed by atoms with Crippen molar-refractivity contribution in [3.05, 3.63) is 41.7 Å². The van der Waals surface area contributed by atoms with Gasteiger partial charge in [-0.15, -0.1) is 5.10 Å². The number of rotatable bonds is 7. The molecule has 0 amide bonds. The van der Waals surface area contributed by atoms with Crippen LogP contribution in [0.3, 0.4) is 0 Å². The van der Waals surface area contributed by atoms with Gasteiger partial charge in [0, 0.05) is 6.42 Å². The Labute approximate surface area is 123 Å². The van der Waals surface area contributed by atoms with Crippen LogP contribution in [0.4, 0.5) is 0 Å². The van der Waals surface area contributed by atoms with Gasteiger partial charge in [0.15, 0.2) is 5.82 Å². The van der Waals surface area contributed by atoms with Gasteiger partial charge < -0.3 is 9.84 Å². The fraction of sp³-hybridized carbons (Fsp3) is 0.533. The van der Waals surface area contributed by atoms with E-state index in [2.05, 4.69) is 39.8 Å². The molecular formula is C15H20N4O2. The maximum absolute atomic E-state index is 9.49. The second-order valence-electron chi connectivity index (χ2n) is 5.74. The molecule has 3 rings (SSSR count). The number of aliphatic hydroxyl groups excluding tert-OH is 1. The number of aryl methyl sites for hydroxylation is 2. The van der Waals surface area contributed by atoms with E-state index in [9.17, 15) is 5.11 Å². The Morgan fingerprint density at radius 3 is 2.67 bits per heavy atom. The topological polar surface area (TPSA) is 73.1 Å². The lowest BCUT2D eigenvalue weighted by Crippen LogP contribution is -2.49. The Kier molecular flexibility index (Phi) is 4.26. The molecule has 0 bridgehead atoms. The Morgan fingerprint density at radius 1 is 1.19 bits per heavy atom. The largest absolute Gasteiger partial charge is 0.396 e. The highest BCUT2D eigenvalue weighted by molar-refractivity contribution is 5.14. The van der Waals surface area contributed by atoms with Gasteiger partial charge in [0.2, 0.25) is 0 Å². The molecule has 0 aliphatic carbocycles. The van der Waals surface area contributed by atoms with E-state index in [1.54, 1.807) is 0 Å². The zero-order valence-electron chi connectivity index (χ0n) is 12.0. The van der Waals surface area contributed by atoms with Crippen molar-refractivity contribution in [2.45, 2.75) is 25.8 Å². The van der Waals surface area contributed by atoms with Gasteiger partial charge in [-0.3, -0.25) is 0 Å². The van der Waals surface area contributed by atoms with Crippen molar-refractivity contribution in [3.8, 4) is 0 Å². The molecule has 1 aliphatic rings. The lowest BCUT2D eigenvalue weighted by Gasteiger charge is -2.39. The van der Waals surface area contributed by atoms with Crippen LogP contribution in [-0.2, 0) is 24.1 Å². The summed E-state index contributed by atoms with van der Waals surface area (Å²) in [6.07, 6.45) is 2.86. The summed E-state index contributed by atoms with van der Waals surface area (Å²) < 4.78 is 7.02. The monoisotopic (exact) mass is 288 g/mol. The molecule has 0 saturated carbocycles. The number of benzene rings is 1. The van der Waals surface area contributed by atoms with Crippen LogP contribution in [0.15, 0.2) is 30.3 Å². The standard InChI is InChI=1S/C15H20N4O2/c20-10-15(11-21-12-15)9-19-14(16-17-18-19)8-4-7-13-5-2-1-3-6-13/h1-3,5-6,20H,4,7-12H2. The molecule has 2 heterocycles. The molecule has 0 atom stereocenters. The van der Waals surface area contributed by atoms with E-state index in [1.807, 2.05) is 10.7 Å². The maximum atomic E-state index is 9.49. The first-order valence-electron chi connectivity index (χ1n) is 7.29. The lowest BCUT2D eigenvalue weighted by atomic mass is 9.87. The third kappa shape index (κ3) is 3.28. The van der Waals surface area contributed by atoms with Gasteiger partial charge in [-0.1, -0.05) is 30.3 Å². The van der Waals surface area contributed by atoms with Gasteiger partial charge in [0.1, 0.15) is 0 Å². The highest BCUT2D eigenvalue weighted by Gasteiger charge is 2.39. The molecule has 1 saturated heterocycles. The second kappa shape index (κ2) is 6.32. The highest BCUT2D eigenvalue weighted by atomic mass is 16.5. The predicted molar refractivity (Wildman–Crippen MR) is 76.6 cm³/mol. The first-order chi connectivity index (χ1) is 10.3. The summed E-state index contributed by atoms with van der Waals surface area (Å²) in [4.78, 5) is 0. The number of aliphatic hydroxyl groups is 1. The third-order valence-corrected chi connectivity index (χ3v) is 3.95. The molecule has 0 unspecified atom stereocenters. The molecule has 2 aromatic rings. The van der Waals surface area contributed by atoms with Gasteiger partial charge in [-0.2, -0.15) is 0 Å². The molecule has 6 heteroatoms. The van der Waals surface area contributed by atoms with Crippen LogP contribution in [0.25, 0.3) is 0 Å². The van der Waals surface area contributed by atoms with Crippen molar-refractivity contribution in [2.24, 2.45) is 5.41 Å². The Bertz CT molecular complexity index is 561. The van der Waals surface area contributed by atoms with E-state index in [4.69, 9.17) is 4.74 Å². The zero-order valence-corrected chi connectivity index (χ0v) is 12.0. The fourth-order valence-corrected chi connectivity index (χ4v) is 2.56.